The van der Waals surface area contributed by atoms with Gasteiger partial charge in [-0.3, -0.25) is 19.2 Å². The molecular weight excluding hydrogens is 344 g/mol. The van der Waals surface area contributed by atoms with Gasteiger partial charge >= 0.3 is 5.97 Å². The molecule has 0 atom stereocenters. The summed E-state index contributed by atoms with van der Waals surface area (Å²) in [6.45, 7) is 8.10. The molecule has 2 fully saturated rings. The number of hydrogen-bond donors (Lipinski definition) is 2. The summed E-state index contributed by atoms with van der Waals surface area (Å²) in [6, 6.07) is 0.387. The van der Waals surface area contributed by atoms with E-state index in [1.807, 2.05) is 11.6 Å². The van der Waals surface area contributed by atoms with Gasteiger partial charge in [0.05, 0.1) is 18.3 Å². The van der Waals surface area contributed by atoms with Crippen LogP contribution >= 0.6 is 0 Å². The van der Waals surface area contributed by atoms with Crippen molar-refractivity contribution in [2.45, 2.75) is 71.5 Å². The minimum absolute atomic E-state index is 0.0706. The molecule has 2 saturated carbocycles. The van der Waals surface area contributed by atoms with E-state index in [2.05, 4.69) is 29.2 Å². The average molecular weight is 377 g/mol. The van der Waals surface area contributed by atoms with Crippen molar-refractivity contribution in [3.63, 3.8) is 0 Å². The lowest BCUT2D eigenvalue weighted by Gasteiger charge is -2.42. The van der Waals surface area contributed by atoms with Crippen LogP contribution < -0.4 is 5.32 Å². The van der Waals surface area contributed by atoms with Crippen LogP contribution in [-0.2, 0) is 11.3 Å². The number of carbonyl (C=O) groups is 2. The Labute approximate surface area is 161 Å². The second-order valence-corrected chi connectivity index (χ2v) is 8.61. The van der Waals surface area contributed by atoms with Crippen molar-refractivity contribution >= 4 is 11.9 Å². The number of nitrogens with zero attached hydrogens (tertiary/aromatic N) is 3. The molecule has 1 aromatic heterocycles. The number of aromatic nitrogens is 2. The minimum atomic E-state index is -0.771. The summed E-state index contributed by atoms with van der Waals surface area (Å²) in [6.07, 6.45) is 6.77. The van der Waals surface area contributed by atoms with Gasteiger partial charge in [0, 0.05) is 30.9 Å². The van der Waals surface area contributed by atoms with E-state index in [4.69, 9.17) is 5.11 Å². The summed E-state index contributed by atoms with van der Waals surface area (Å²) in [5, 5.41) is 16.6. The molecule has 2 aliphatic rings. The van der Waals surface area contributed by atoms with Crippen LogP contribution in [0.5, 0.6) is 0 Å². The number of nitrogens with one attached hydrogen (secondary N) is 1. The van der Waals surface area contributed by atoms with Crippen molar-refractivity contribution in [3.8, 4) is 0 Å². The summed E-state index contributed by atoms with van der Waals surface area (Å²) in [5.41, 5.74) is 1.55. The van der Waals surface area contributed by atoms with Gasteiger partial charge in [-0.15, -0.1) is 0 Å². The molecule has 7 nitrogen and oxygen atoms in total. The van der Waals surface area contributed by atoms with Crippen molar-refractivity contribution in [3.05, 3.63) is 17.5 Å². The molecule has 150 valence electrons. The Morgan fingerprint density at radius 1 is 1.37 bits per heavy atom. The van der Waals surface area contributed by atoms with Crippen LogP contribution in [0.2, 0.25) is 0 Å². The Morgan fingerprint density at radius 3 is 2.67 bits per heavy atom. The highest BCUT2D eigenvalue weighted by molar-refractivity contribution is 5.95. The van der Waals surface area contributed by atoms with Crippen LogP contribution in [0.1, 0.15) is 62.0 Å². The molecule has 1 amide bonds. The maximum Gasteiger partial charge on any atom is 0.317 e. The topological polar surface area (TPSA) is 87.5 Å². The first kappa shape index (κ1) is 19.9. The molecule has 1 heterocycles. The molecule has 1 aromatic rings. The summed E-state index contributed by atoms with van der Waals surface area (Å²) in [5.74, 6) is 0.422. The van der Waals surface area contributed by atoms with Gasteiger partial charge in [-0.2, -0.15) is 5.10 Å². The quantitative estimate of drug-likeness (QED) is 0.654. The normalized spacial score (nSPS) is 22.1. The lowest BCUT2D eigenvalue weighted by molar-refractivity contribution is -0.139. The lowest BCUT2D eigenvalue weighted by Crippen LogP contribution is -2.55. The van der Waals surface area contributed by atoms with Crippen LogP contribution in [-0.4, -0.2) is 56.8 Å². The summed E-state index contributed by atoms with van der Waals surface area (Å²) in [4.78, 5) is 25.8. The highest BCUT2D eigenvalue weighted by atomic mass is 16.4. The SMILES string of the molecule is Cc1c(C(=O)NC2CC(N(CC(=O)O)CC3CC3)C2)cnn1CCC(C)C. The monoisotopic (exact) mass is 376 g/mol. The van der Waals surface area contributed by atoms with E-state index in [0.717, 1.165) is 38.0 Å². The third-order valence-electron chi connectivity index (χ3n) is 5.76. The molecule has 2 N–H and O–H groups in total. The zero-order valence-corrected chi connectivity index (χ0v) is 16.6. The fourth-order valence-electron chi connectivity index (χ4n) is 3.69. The van der Waals surface area contributed by atoms with Gasteiger partial charge in [0.1, 0.15) is 0 Å². The number of aryl methyl sites for hydroxylation is 1. The Bertz CT molecular complexity index is 675. The molecule has 0 radical (unpaired) electrons. The molecule has 0 aromatic carbocycles. The smallest absolute Gasteiger partial charge is 0.317 e. The largest absolute Gasteiger partial charge is 0.480 e. The first-order valence-electron chi connectivity index (χ1n) is 10.1. The first-order valence-corrected chi connectivity index (χ1v) is 10.1. The number of rotatable bonds is 10. The van der Waals surface area contributed by atoms with E-state index >= 15 is 0 Å². The lowest BCUT2D eigenvalue weighted by atomic mass is 9.85. The third kappa shape index (κ3) is 5.31. The second-order valence-electron chi connectivity index (χ2n) is 8.61. The first-order chi connectivity index (χ1) is 12.8. The maximum atomic E-state index is 12.6. The Hall–Kier alpha value is -1.89. The number of carbonyl (C=O) groups excluding carboxylic acids is 1. The molecule has 2 aliphatic carbocycles. The second kappa shape index (κ2) is 8.42. The Balaban J connectivity index is 1.49. The van der Waals surface area contributed by atoms with E-state index in [1.165, 1.54) is 12.8 Å². The van der Waals surface area contributed by atoms with Gasteiger partial charge in [0.15, 0.2) is 0 Å². The Kier molecular flexibility index (Phi) is 6.19. The van der Waals surface area contributed by atoms with E-state index < -0.39 is 5.97 Å². The molecule has 0 saturated heterocycles. The highest BCUT2D eigenvalue weighted by Crippen LogP contribution is 2.33. The van der Waals surface area contributed by atoms with E-state index in [1.54, 1.807) is 6.20 Å². The summed E-state index contributed by atoms with van der Waals surface area (Å²) in [7, 11) is 0. The summed E-state index contributed by atoms with van der Waals surface area (Å²) < 4.78 is 1.91. The molecule has 0 aliphatic heterocycles. The zero-order chi connectivity index (χ0) is 19.6. The van der Waals surface area contributed by atoms with Crippen LogP contribution in [0.4, 0.5) is 0 Å². The maximum absolute atomic E-state index is 12.6. The summed E-state index contributed by atoms with van der Waals surface area (Å²) >= 11 is 0. The average Bonchev–Trinajstić information content (AvgIpc) is 3.28. The van der Waals surface area contributed by atoms with E-state index in [9.17, 15) is 9.59 Å². The third-order valence-corrected chi connectivity index (χ3v) is 5.76. The number of aliphatic carboxylic acids is 1. The fraction of sp³-hybridized carbons (Fsp3) is 0.750. The van der Waals surface area contributed by atoms with Crippen molar-refractivity contribution in [1.82, 2.24) is 20.0 Å². The van der Waals surface area contributed by atoms with Gasteiger partial charge in [-0.1, -0.05) is 13.8 Å². The van der Waals surface area contributed by atoms with E-state index in [-0.39, 0.29) is 24.5 Å². The van der Waals surface area contributed by atoms with Gasteiger partial charge < -0.3 is 10.4 Å². The standard InChI is InChI=1S/C20H32N4O3/c1-13(2)6-7-24-14(3)18(10-21-24)20(27)22-16-8-17(9-16)23(12-19(25)26)11-15-4-5-15/h10,13,15-17H,4-9,11-12H2,1-3H3,(H,22,27)(H,25,26). The molecule has 0 bridgehead atoms. The number of hydrogen-bond acceptors (Lipinski definition) is 4. The van der Waals surface area contributed by atoms with Gasteiger partial charge in [0.2, 0.25) is 0 Å². The van der Waals surface area contributed by atoms with Gasteiger partial charge in [-0.25, -0.2) is 0 Å². The predicted molar refractivity (Wildman–Crippen MR) is 103 cm³/mol. The zero-order valence-electron chi connectivity index (χ0n) is 16.6. The van der Waals surface area contributed by atoms with Gasteiger partial charge in [0.25, 0.3) is 5.91 Å². The van der Waals surface area contributed by atoms with Gasteiger partial charge in [-0.05, 0) is 50.9 Å². The minimum Gasteiger partial charge on any atom is -0.480 e. The number of amides is 1. The van der Waals surface area contributed by atoms with Crippen LogP contribution in [0.3, 0.4) is 0 Å². The number of carboxylic acids is 1. The molecule has 0 unspecified atom stereocenters. The van der Waals surface area contributed by atoms with Crippen LogP contribution in [0.25, 0.3) is 0 Å². The van der Waals surface area contributed by atoms with Crippen molar-refractivity contribution in [1.29, 1.82) is 0 Å². The van der Waals surface area contributed by atoms with Crippen LogP contribution in [0, 0.1) is 18.8 Å². The predicted octanol–water partition coefficient (Wildman–Crippen LogP) is 2.30. The Morgan fingerprint density at radius 2 is 2.07 bits per heavy atom. The molecule has 0 spiro atoms. The van der Waals surface area contributed by atoms with E-state index in [0.29, 0.717) is 17.4 Å². The number of carboxylic acid groups (broad SMARTS) is 1. The van der Waals surface area contributed by atoms with Crippen molar-refractivity contribution in [2.75, 3.05) is 13.1 Å². The fourth-order valence-corrected chi connectivity index (χ4v) is 3.69. The molecular formula is C20H32N4O3. The highest BCUT2D eigenvalue weighted by Gasteiger charge is 2.38. The van der Waals surface area contributed by atoms with Crippen LogP contribution in [0.15, 0.2) is 6.20 Å². The van der Waals surface area contributed by atoms with Crippen molar-refractivity contribution in [2.24, 2.45) is 11.8 Å². The molecule has 7 heteroatoms. The molecule has 3 rings (SSSR count). The molecule has 27 heavy (non-hydrogen) atoms. The van der Waals surface area contributed by atoms with Crippen molar-refractivity contribution < 1.29 is 14.7 Å².